The van der Waals surface area contributed by atoms with E-state index in [9.17, 15) is 18.8 Å². The topological polar surface area (TPSA) is 112 Å². The van der Waals surface area contributed by atoms with Crippen molar-refractivity contribution in [3.63, 3.8) is 0 Å². The quantitative estimate of drug-likeness (QED) is 0.432. The molecular formula is C27H27FN4O4. The smallest absolute Gasteiger partial charge is 0.335 e. The summed E-state index contributed by atoms with van der Waals surface area (Å²) in [6.45, 7) is 4.62. The minimum atomic E-state index is -1.08. The van der Waals surface area contributed by atoms with Gasteiger partial charge in [-0.15, -0.1) is 0 Å². The molecule has 9 heteroatoms. The standard InChI is InChI=1S/C27H27FN4O4/c1-16(2)17-9-11-20(12-10-17)31-27(36)32-13-3-4-23(32)25(33)30-21-14-22(28)24(29-15-21)18-5-7-19(8-6-18)26(34)35/h5-12,14-16,23H,3-4,13H2,1-2H3,(H,30,33)(H,31,36)(H,34,35)/t23-/m0/s1. The number of aromatic nitrogens is 1. The summed E-state index contributed by atoms with van der Waals surface area (Å²) in [5.41, 5.74) is 2.51. The molecule has 8 nitrogen and oxygen atoms in total. The van der Waals surface area contributed by atoms with E-state index in [1.165, 1.54) is 35.4 Å². The predicted octanol–water partition coefficient (Wildman–Crippen LogP) is 5.34. The number of nitrogens with zero attached hydrogens (tertiary/aromatic N) is 2. The molecule has 1 aliphatic heterocycles. The van der Waals surface area contributed by atoms with Crippen molar-refractivity contribution in [3.8, 4) is 11.3 Å². The number of pyridine rings is 1. The fraction of sp³-hybridized carbons (Fsp3) is 0.259. The number of nitrogens with one attached hydrogen (secondary N) is 2. The first-order valence-electron chi connectivity index (χ1n) is 11.7. The number of carbonyl (C=O) groups is 3. The maximum absolute atomic E-state index is 14.7. The third-order valence-electron chi connectivity index (χ3n) is 6.16. The zero-order chi connectivity index (χ0) is 25.8. The van der Waals surface area contributed by atoms with Gasteiger partial charge in [0, 0.05) is 23.9 Å². The number of rotatable bonds is 6. The zero-order valence-electron chi connectivity index (χ0n) is 20.0. The zero-order valence-corrected chi connectivity index (χ0v) is 20.0. The molecular weight excluding hydrogens is 463 g/mol. The molecule has 1 saturated heterocycles. The Labute approximate surface area is 208 Å². The summed E-state index contributed by atoms with van der Waals surface area (Å²) in [7, 11) is 0. The largest absolute Gasteiger partial charge is 0.478 e. The van der Waals surface area contributed by atoms with Crippen LogP contribution < -0.4 is 10.6 Å². The van der Waals surface area contributed by atoms with Crippen molar-refractivity contribution >= 4 is 29.3 Å². The first-order valence-corrected chi connectivity index (χ1v) is 11.7. The lowest BCUT2D eigenvalue weighted by atomic mass is 10.0. The van der Waals surface area contributed by atoms with Crippen LogP contribution in [0.15, 0.2) is 60.8 Å². The van der Waals surface area contributed by atoms with Crippen LogP contribution in [0.2, 0.25) is 0 Å². The molecule has 0 unspecified atom stereocenters. The summed E-state index contributed by atoms with van der Waals surface area (Å²) in [6.07, 6.45) is 2.50. The lowest BCUT2D eigenvalue weighted by Gasteiger charge is -2.24. The Bertz CT molecular complexity index is 1280. The molecule has 36 heavy (non-hydrogen) atoms. The highest BCUT2D eigenvalue weighted by Gasteiger charge is 2.34. The number of urea groups is 1. The minimum Gasteiger partial charge on any atom is -0.478 e. The normalized spacial score (nSPS) is 15.1. The van der Waals surface area contributed by atoms with Crippen LogP contribution >= 0.6 is 0 Å². The van der Waals surface area contributed by atoms with Crippen molar-refractivity contribution in [2.24, 2.45) is 0 Å². The fourth-order valence-corrected chi connectivity index (χ4v) is 4.14. The molecule has 0 bridgehead atoms. The molecule has 1 atom stereocenters. The Kier molecular flexibility index (Phi) is 7.28. The minimum absolute atomic E-state index is 0.0373. The number of carboxylic acids is 1. The second-order valence-corrected chi connectivity index (χ2v) is 8.98. The van der Waals surface area contributed by atoms with E-state index in [1.54, 1.807) is 0 Å². The molecule has 186 valence electrons. The van der Waals surface area contributed by atoms with Crippen molar-refractivity contribution in [1.82, 2.24) is 9.88 Å². The van der Waals surface area contributed by atoms with E-state index < -0.39 is 23.7 Å². The number of aromatic carboxylic acids is 1. The summed E-state index contributed by atoms with van der Waals surface area (Å²) >= 11 is 0. The Hall–Kier alpha value is -4.27. The third-order valence-corrected chi connectivity index (χ3v) is 6.16. The number of halogens is 1. The molecule has 3 N–H and O–H groups in total. The Balaban J connectivity index is 1.41. The van der Waals surface area contributed by atoms with Gasteiger partial charge in [-0.05, 0) is 48.6 Å². The van der Waals surface area contributed by atoms with Gasteiger partial charge in [-0.3, -0.25) is 9.78 Å². The van der Waals surface area contributed by atoms with Crippen LogP contribution in [0.25, 0.3) is 11.3 Å². The van der Waals surface area contributed by atoms with Gasteiger partial charge in [0.05, 0.1) is 17.4 Å². The number of carbonyl (C=O) groups excluding carboxylic acids is 2. The van der Waals surface area contributed by atoms with Crippen LogP contribution in [0.4, 0.5) is 20.6 Å². The van der Waals surface area contributed by atoms with Gasteiger partial charge in [0.25, 0.3) is 0 Å². The molecule has 0 spiro atoms. The molecule has 3 aromatic rings. The van der Waals surface area contributed by atoms with Crippen molar-refractivity contribution < 1.29 is 23.9 Å². The molecule has 1 aromatic heterocycles. The molecule has 4 rings (SSSR count). The number of benzene rings is 2. The van der Waals surface area contributed by atoms with Gasteiger partial charge in [-0.25, -0.2) is 14.0 Å². The van der Waals surface area contributed by atoms with Gasteiger partial charge in [0.2, 0.25) is 5.91 Å². The fourth-order valence-electron chi connectivity index (χ4n) is 4.14. The molecule has 3 amide bonds. The average molecular weight is 491 g/mol. The van der Waals surface area contributed by atoms with Crippen LogP contribution in [0.5, 0.6) is 0 Å². The van der Waals surface area contributed by atoms with Gasteiger partial charge in [-0.1, -0.05) is 38.1 Å². The summed E-state index contributed by atoms with van der Waals surface area (Å²) < 4.78 is 14.7. The van der Waals surface area contributed by atoms with Crippen LogP contribution in [0, 0.1) is 5.82 Å². The average Bonchev–Trinajstić information content (AvgIpc) is 3.35. The Morgan fingerprint density at radius 3 is 2.33 bits per heavy atom. The maximum Gasteiger partial charge on any atom is 0.335 e. The monoisotopic (exact) mass is 490 g/mol. The Morgan fingerprint density at radius 1 is 1.03 bits per heavy atom. The van der Waals surface area contributed by atoms with Crippen molar-refractivity contribution in [3.05, 3.63) is 77.7 Å². The number of hydrogen-bond donors (Lipinski definition) is 3. The molecule has 0 radical (unpaired) electrons. The second kappa shape index (κ2) is 10.6. The summed E-state index contributed by atoms with van der Waals surface area (Å²) in [6, 6.07) is 13.4. The predicted molar refractivity (Wildman–Crippen MR) is 134 cm³/mol. The van der Waals surface area contributed by atoms with E-state index in [-0.39, 0.29) is 23.0 Å². The SMILES string of the molecule is CC(C)c1ccc(NC(=O)N2CCC[C@H]2C(=O)Nc2cnc(-c3ccc(C(=O)O)cc3)c(F)c2)cc1. The first-order chi connectivity index (χ1) is 17.2. The lowest BCUT2D eigenvalue weighted by molar-refractivity contribution is -0.119. The van der Waals surface area contributed by atoms with Gasteiger partial charge >= 0.3 is 12.0 Å². The van der Waals surface area contributed by atoms with Crippen LogP contribution in [0.3, 0.4) is 0 Å². The van der Waals surface area contributed by atoms with Crippen LogP contribution in [-0.4, -0.2) is 45.5 Å². The number of anilines is 2. The van der Waals surface area contributed by atoms with Gasteiger partial charge < -0.3 is 20.6 Å². The number of hydrogen-bond acceptors (Lipinski definition) is 4. The van der Waals surface area contributed by atoms with E-state index >= 15 is 0 Å². The van der Waals surface area contributed by atoms with Gasteiger partial charge in [0.1, 0.15) is 11.7 Å². The van der Waals surface area contributed by atoms with Crippen LogP contribution in [-0.2, 0) is 4.79 Å². The van der Waals surface area contributed by atoms with E-state index in [4.69, 9.17) is 5.11 Å². The molecule has 2 aromatic carbocycles. The van der Waals surface area contributed by atoms with Gasteiger partial charge in [-0.2, -0.15) is 0 Å². The highest BCUT2D eigenvalue weighted by Crippen LogP contribution is 2.25. The first kappa shape index (κ1) is 24.8. The van der Waals surface area contributed by atoms with E-state index in [2.05, 4.69) is 29.5 Å². The molecule has 0 saturated carbocycles. The number of carboxylic acid groups (broad SMARTS) is 1. The summed E-state index contributed by atoms with van der Waals surface area (Å²) in [5, 5.41) is 14.5. The lowest BCUT2D eigenvalue weighted by Crippen LogP contribution is -2.45. The van der Waals surface area contributed by atoms with Gasteiger partial charge in [0.15, 0.2) is 5.82 Å². The molecule has 0 aliphatic carbocycles. The van der Waals surface area contributed by atoms with Crippen LogP contribution in [0.1, 0.15) is 48.5 Å². The summed E-state index contributed by atoms with van der Waals surface area (Å²) in [5.74, 6) is -1.78. The molecule has 2 heterocycles. The Morgan fingerprint density at radius 2 is 1.72 bits per heavy atom. The number of likely N-dealkylation sites (tertiary alicyclic amines) is 1. The second-order valence-electron chi connectivity index (χ2n) is 8.98. The third kappa shape index (κ3) is 5.51. The van der Waals surface area contributed by atoms with Crippen molar-refractivity contribution in [2.75, 3.05) is 17.2 Å². The highest BCUT2D eigenvalue weighted by molar-refractivity contribution is 5.99. The van der Waals surface area contributed by atoms with E-state index in [1.807, 2.05) is 24.3 Å². The molecule has 1 fully saturated rings. The van der Waals surface area contributed by atoms with Crippen molar-refractivity contribution in [1.29, 1.82) is 0 Å². The van der Waals surface area contributed by atoms with Crippen molar-refractivity contribution in [2.45, 2.75) is 38.6 Å². The number of amides is 3. The van der Waals surface area contributed by atoms with E-state index in [0.29, 0.717) is 36.6 Å². The molecule has 1 aliphatic rings. The highest BCUT2D eigenvalue weighted by atomic mass is 19.1. The maximum atomic E-state index is 14.7. The van der Waals surface area contributed by atoms with E-state index in [0.717, 1.165) is 11.6 Å². The summed E-state index contributed by atoms with van der Waals surface area (Å²) in [4.78, 5) is 42.4.